The van der Waals surface area contributed by atoms with Crippen LogP contribution in [-0.4, -0.2) is 32.3 Å². The van der Waals surface area contributed by atoms with Crippen molar-refractivity contribution in [3.05, 3.63) is 28.3 Å². The molecule has 0 bridgehead atoms. The van der Waals surface area contributed by atoms with Crippen LogP contribution >= 0.6 is 0 Å². The van der Waals surface area contributed by atoms with Gasteiger partial charge in [0.15, 0.2) is 4.90 Å². The van der Waals surface area contributed by atoms with Crippen LogP contribution in [0.25, 0.3) is 0 Å². The Bertz CT molecular complexity index is 629. The smallest absolute Gasteiger partial charge is 0.312 e. The fraction of sp³-hybridized carbons (Fsp3) is 0.300. The summed E-state index contributed by atoms with van der Waals surface area (Å²) in [5.74, 6) is -0.306. The molecule has 0 spiro atoms. The fourth-order valence-corrected chi connectivity index (χ4v) is 2.68. The highest BCUT2D eigenvalue weighted by molar-refractivity contribution is 7.89. The SMILES string of the molecule is CC(=O)NCCNS(=O)(=O)c1cccc(N)c1[N+](=O)[O-]. The Morgan fingerprint density at radius 3 is 2.60 bits per heavy atom. The predicted molar refractivity (Wildman–Crippen MR) is 71.4 cm³/mol. The first-order chi connectivity index (χ1) is 9.25. The van der Waals surface area contributed by atoms with Crippen LogP contribution in [0.3, 0.4) is 0 Å². The molecule has 1 aromatic carbocycles. The molecule has 0 saturated heterocycles. The van der Waals surface area contributed by atoms with E-state index in [0.717, 1.165) is 6.07 Å². The van der Waals surface area contributed by atoms with Gasteiger partial charge in [-0.15, -0.1) is 0 Å². The third kappa shape index (κ3) is 3.90. The minimum atomic E-state index is -4.08. The van der Waals surface area contributed by atoms with Crippen LogP contribution in [0.15, 0.2) is 23.1 Å². The van der Waals surface area contributed by atoms with Gasteiger partial charge in [-0.05, 0) is 12.1 Å². The van der Waals surface area contributed by atoms with E-state index in [4.69, 9.17) is 5.73 Å². The van der Waals surface area contributed by atoms with Crippen LogP contribution < -0.4 is 15.8 Å². The van der Waals surface area contributed by atoms with Crippen LogP contribution in [0.5, 0.6) is 0 Å². The maximum Gasteiger partial charge on any atom is 0.312 e. The maximum atomic E-state index is 12.0. The minimum absolute atomic E-state index is 0.0741. The number of anilines is 1. The summed E-state index contributed by atoms with van der Waals surface area (Å²) < 4.78 is 26.1. The van der Waals surface area contributed by atoms with Crippen molar-refractivity contribution in [2.45, 2.75) is 11.8 Å². The van der Waals surface area contributed by atoms with Crippen LogP contribution in [0, 0.1) is 10.1 Å². The molecule has 0 aliphatic carbocycles. The first-order valence-electron chi connectivity index (χ1n) is 5.52. The number of benzene rings is 1. The Hall–Kier alpha value is -2.20. The van der Waals surface area contributed by atoms with Gasteiger partial charge in [-0.2, -0.15) is 0 Å². The highest BCUT2D eigenvalue weighted by atomic mass is 32.2. The van der Waals surface area contributed by atoms with Crippen molar-refractivity contribution in [1.29, 1.82) is 0 Å². The summed E-state index contributed by atoms with van der Waals surface area (Å²) in [5.41, 5.74) is 4.52. The molecule has 0 atom stereocenters. The summed E-state index contributed by atoms with van der Waals surface area (Å²) in [5, 5.41) is 13.3. The molecule has 110 valence electrons. The van der Waals surface area contributed by atoms with Crippen LogP contribution in [0.2, 0.25) is 0 Å². The molecule has 0 saturated carbocycles. The zero-order valence-electron chi connectivity index (χ0n) is 10.6. The maximum absolute atomic E-state index is 12.0. The molecule has 0 aliphatic rings. The van der Waals surface area contributed by atoms with Crippen LogP contribution in [0.1, 0.15) is 6.92 Å². The second-order valence-electron chi connectivity index (χ2n) is 3.83. The molecule has 1 amide bonds. The number of hydrogen-bond acceptors (Lipinski definition) is 6. The molecule has 1 rings (SSSR count). The Balaban J connectivity index is 2.96. The highest BCUT2D eigenvalue weighted by Gasteiger charge is 2.27. The monoisotopic (exact) mass is 302 g/mol. The summed E-state index contributed by atoms with van der Waals surface area (Å²) in [6, 6.07) is 3.65. The third-order valence-electron chi connectivity index (χ3n) is 2.29. The van der Waals surface area contributed by atoms with Gasteiger partial charge in [-0.3, -0.25) is 14.9 Å². The lowest BCUT2D eigenvalue weighted by atomic mass is 10.3. The number of rotatable bonds is 6. The number of sulfonamides is 1. The van der Waals surface area contributed by atoms with E-state index in [0.29, 0.717) is 0 Å². The van der Waals surface area contributed by atoms with Gasteiger partial charge < -0.3 is 11.1 Å². The molecule has 9 nitrogen and oxygen atoms in total. The predicted octanol–water partition coefficient (Wildman–Crippen LogP) is -0.409. The third-order valence-corrected chi connectivity index (χ3v) is 3.79. The molecule has 0 heterocycles. The molecule has 0 radical (unpaired) electrons. The van der Waals surface area contributed by atoms with E-state index in [-0.39, 0.29) is 24.7 Å². The van der Waals surface area contributed by atoms with E-state index in [2.05, 4.69) is 10.0 Å². The first kappa shape index (κ1) is 15.9. The quantitative estimate of drug-likeness (QED) is 0.282. The van der Waals surface area contributed by atoms with E-state index in [1.807, 2.05) is 0 Å². The number of nitrogen functional groups attached to an aromatic ring is 1. The number of nitrogens with two attached hydrogens (primary N) is 1. The van der Waals surface area contributed by atoms with Gasteiger partial charge in [0, 0.05) is 20.0 Å². The van der Waals surface area contributed by atoms with Gasteiger partial charge in [-0.25, -0.2) is 13.1 Å². The summed E-state index contributed by atoms with van der Waals surface area (Å²) in [6.07, 6.45) is 0. The molecule has 4 N–H and O–H groups in total. The van der Waals surface area contributed by atoms with E-state index in [9.17, 15) is 23.3 Å². The van der Waals surface area contributed by atoms with Crippen molar-refractivity contribution >= 4 is 27.3 Å². The van der Waals surface area contributed by atoms with E-state index >= 15 is 0 Å². The number of carbonyl (C=O) groups is 1. The van der Waals surface area contributed by atoms with Gasteiger partial charge >= 0.3 is 5.69 Å². The fourth-order valence-electron chi connectivity index (χ4n) is 1.45. The summed E-state index contributed by atoms with van der Waals surface area (Å²) in [7, 11) is -4.08. The lowest BCUT2D eigenvalue weighted by Gasteiger charge is -2.08. The Labute approximate surface area is 115 Å². The number of nitro groups is 1. The van der Waals surface area contributed by atoms with E-state index in [1.54, 1.807) is 0 Å². The largest absolute Gasteiger partial charge is 0.393 e. The average Bonchev–Trinajstić information content (AvgIpc) is 2.33. The Morgan fingerprint density at radius 1 is 1.40 bits per heavy atom. The molecular weight excluding hydrogens is 288 g/mol. The number of nitrogens with one attached hydrogen (secondary N) is 2. The van der Waals surface area contributed by atoms with Crippen molar-refractivity contribution in [3.8, 4) is 0 Å². The standard InChI is InChI=1S/C10H14N4O5S/c1-7(15)12-5-6-13-20(18,19)9-4-2-3-8(11)10(9)14(16)17/h2-4,13H,5-6,11H2,1H3,(H,12,15). The molecule has 10 heteroatoms. The molecular formula is C10H14N4O5S. The summed E-state index contributed by atoms with van der Waals surface area (Å²) in [6.45, 7) is 1.27. The second kappa shape index (κ2) is 6.30. The number of nitro benzene ring substituents is 1. The lowest BCUT2D eigenvalue weighted by Crippen LogP contribution is -2.34. The summed E-state index contributed by atoms with van der Waals surface area (Å²) in [4.78, 5) is 20.2. The van der Waals surface area contributed by atoms with Crippen LogP contribution in [-0.2, 0) is 14.8 Å². The van der Waals surface area contributed by atoms with Crippen molar-refractivity contribution in [3.63, 3.8) is 0 Å². The van der Waals surface area contributed by atoms with E-state index < -0.39 is 25.5 Å². The second-order valence-corrected chi connectivity index (χ2v) is 5.57. The molecule has 0 fully saturated rings. The average molecular weight is 302 g/mol. The van der Waals surface area contributed by atoms with E-state index in [1.165, 1.54) is 19.1 Å². The number of nitrogens with zero attached hydrogens (tertiary/aromatic N) is 1. The normalized spacial score (nSPS) is 11.1. The Morgan fingerprint density at radius 2 is 2.05 bits per heavy atom. The molecule has 1 aromatic rings. The molecule has 0 aromatic heterocycles. The van der Waals surface area contributed by atoms with Gasteiger partial charge in [0.05, 0.1) is 4.92 Å². The lowest BCUT2D eigenvalue weighted by molar-refractivity contribution is -0.386. The van der Waals surface area contributed by atoms with Crippen molar-refractivity contribution in [2.24, 2.45) is 0 Å². The van der Waals surface area contributed by atoms with Gasteiger partial charge in [-0.1, -0.05) is 6.07 Å². The minimum Gasteiger partial charge on any atom is -0.393 e. The van der Waals surface area contributed by atoms with Crippen molar-refractivity contribution < 1.29 is 18.1 Å². The topological polar surface area (TPSA) is 144 Å². The molecule has 0 aliphatic heterocycles. The number of para-hydroxylation sites is 1. The Kier molecular flexibility index (Phi) is 5.00. The zero-order chi connectivity index (χ0) is 15.3. The van der Waals surface area contributed by atoms with Gasteiger partial charge in [0.1, 0.15) is 5.69 Å². The van der Waals surface area contributed by atoms with Gasteiger partial charge in [0.2, 0.25) is 15.9 Å². The molecule has 0 unspecified atom stereocenters. The number of hydrogen-bond donors (Lipinski definition) is 3. The highest BCUT2D eigenvalue weighted by Crippen LogP contribution is 2.29. The van der Waals surface area contributed by atoms with Crippen molar-refractivity contribution in [2.75, 3.05) is 18.8 Å². The zero-order valence-corrected chi connectivity index (χ0v) is 11.4. The van der Waals surface area contributed by atoms with Crippen LogP contribution in [0.4, 0.5) is 11.4 Å². The first-order valence-corrected chi connectivity index (χ1v) is 7.01. The molecule has 20 heavy (non-hydrogen) atoms. The van der Waals surface area contributed by atoms with Crippen molar-refractivity contribution in [1.82, 2.24) is 10.0 Å². The summed E-state index contributed by atoms with van der Waals surface area (Å²) >= 11 is 0. The van der Waals surface area contributed by atoms with Gasteiger partial charge in [0.25, 0.3) is 0 Å². The number of amides is 1. The number of carbonyl (C=O) groups excluding carboxylic acids is 1.